The molecule has 3 nitrogen and oxygen atoms in total. The molecule has 0 bridgehead atoms. The van der Waals surface area contributed by atoms with Crippen molar-refractivity contribution in [2.45, 2.75) is 26.3 Å². The van der Waals surface area contributed by atoms with E-state index in [4.69, 9.17) is 11.6 Å². The summed E-state index contributed by atoms with van der Waals surface area (Å²) in [5.41, 5.74) is 1.14. The number of likely N-dealkylation sites (N-methyl/N-ethyl adjacent to an activating group) is 1. The summed E-state index contributed by atoms with van der Waals surface area (Å²) in [6.45, 7) is 5.25. The van der Waals surface area contributed by atoms with Crippen molar-refractivity contribution in [3.8, 4) is 0 Å². The van der Waals surface area contributed by atoms with Crippen molar-refractivity contribution < 1.29 is 4.79 Å². The first kappa shape index (κ1) is 15.3. The van der Waals surface area contributed by atoms with Crippen molar-refractivity contribution in [2.24, 2.45) is 5.92 Å². The number of benzene rings is 1. The van der Waals surface area contributed by atoms with Crippen LogP contribution in [0.3, 0.4) is 0 Å². The van der Waals surface area contributed by atoms with Crippen molar-refractivity contribution in [3.63, 3.8) is 0 Å². The van der Waals surface area contributed by atoms with Crippen LogP contribution in [0, 0.1) is 5.92 Å². The van der Waals surface area contributed by atoms with Crippen LogP contribution >= 0.6 is 11.6 Å². The van der Waals surface area contributed by atoms with E-state index in [2.05, 4.69) is 6.92 Å². The van der Waals surface area contributed by atoms with Gasteiger partial charge in [0, 0.05) is 24.7 Å². The minimum atomic E-state index is 0.237. The number of rotatable bonds is 4. The highest BCUT2D eigenvalue weighted by Crippen LogP contribution is 2.16. The van der Waals surface area contributed by atoms with Crippen LogP contribution in [0.1, 0.15) is 25.3 Å². The van der Waals surface area contributed by atoms with Crippen LogP contribution in [-0.4, -0.2) is 42.4 Å². The summed E-state index contributed by atoms with van der Waals surface area (Å²) < 4.78 is 0. The zero-order valence-electron chi connectivity index (χ0n) is 12.3. The molecule has 1 saturated heterocycles. The Morgan fingerprint density at radius 2 is 2.30 bits per heavy atom. The molecule has 0 saturated carbocycles. The van der Waals surface area contributed by atoms with Gasteiger partial charge < -0.3 is 4.90 Å². The van der Waals surface area contributed by atoms with Gasteiger partial charge in [-0.3, -0.25) is 9.69 Å². The summed E-state index contributed by atoms with van der Waals surface area (Å²) >= 11 is 5.98. The van der Waals surface area contributed by atoms with E-state index in [-0.39, 0.29) is 5.91 Å². The molecule has 1 aromatic rings. The summed E-state index contributed by atoms with van der Waals surface area (Å²) in [6, 6.07) is 7.80. The third kappa shape index (κ3) is 4.50. The normalized spacial score (nSPS) is 19.4. The number of carbonyl (C=O) groups is 1. The standard InChI is InChI=1S/C16H23ClN2O/c1-13-5-4-8-19(10-13)16(20)12-18(2)11-14-6-3-7-15(17)9-14/h3,6-7,9,13H,4-5,8,10-12H2,1-2H3. The molecule has 1 atom stereocenters. The lowest BCUT2D eigenvalue weighted by molar-refractivity contribution is -0.133. The van der Waals surface area contributed by atoms with Crippen LogP contribution in [0.5, 0.6) is 0 Å². The molecule has 4 heteroatoms. The first-order valence-electron chi connectivity index (χ1n) is 7.25. The molecule has 1 unspecified atom stereocenters. The van der Waals surface area contributed by atoms with Crippen molar-refractivity contribution in [3.05, 3.63) is 34.9 Å². The molecule has 0 radical (unpaired) electrons. The van der Waals surface area contributed by atoms with Gasteiger partial charge in [0.2, 0.25) is 5.91 Å². The third-order valence-electron chi connectivity index (χ3n) is 3.76. The van der Waals surface area contributed by atoms with Crippen LogP contribution in [0.25, 0.3) is 0 Å². The Morgan fingerprint density at radius 3 is 3.00 bits per heavy atom. The summed E-state index contributed by atoms with van der Waals surface area (Å²) in [5.74, 6) is 0.868. The molecule has 0 aromatic heterocycles. The van der Waals surface area contributed by atoms with Gasteiger partial charge in [-0.15, -0.1) is 0 Å². The number of halogens is 1. The first-order valence-corrected chi connectivity index (χ1v) is 7.63. The molecule has 1 amide bonds. The molecular formula is C16H23ClN2O. The first-order chi connectivity index (χ1) is 9.54. The van der Waals surface area contributed by atoms with Gasteiger partial charge in [-0.25, -0.2) is 0 Å². The number of amides is 1. The van der Waals surface area contributed by atoms with Gasteiger partial charge in [-0.05, 0) is 43.5 Å². The third-order valence-corrected chi connectivity index (χ3v) is 3.99. The highest BCUT2D eigenvalue weighted by Gasteiger charge is 2.21. The zero-order chi connectivity index (χ0) is 14.5. The van der Waals surface area contributed by atoms with E-state index in [9.17, 15) is 4.79 Å². The van der Waals surface area contributed by atoms with E-state index < -0.39 is 0 Å². The summed E-state index contributed by atoms with van der Waals surface area (Å²) in [7, 11) is 1.98. The topological polar surface area (TPSA) is 23.6 Å². The maximum absolute atomic E-state index is 12.3. The molecule has 0 aliphatic carbocycles. The van der Waals surface area contributed by atoms with Gasteiger partial charge in [0.1, 0.15) is 0 Å². The van der Waals surface area contributed by atoms with Gasteiger partial charge in [0.25, 0.3) is 0 Å². The van der Waals surface area contributed by atoms with E-state index in [1.54, 1.807) is 0 Å². The second-order valence-electron chi connectivity index (χ2n) is 5.89. The van der Waals surface area contributed by atoms with Gasteiger partial charge in [-0.2, -0.15) is 0 Å². The monoisotopic (exact) mass is 294 g/mol. The van der Waals surface area contributed by atoms with Gasteiger partial charge in [-0.1, -0.05) is 30.7 Å². The molecule has 1 heterocycles. The highest BCUT2D eigenvalue weighted by atomic mass is 35.5. The minimum Gasteiger partial charge on any atom is -0.341 e. The van der Waals surface area contributed by atoms with E-state index >= 15 is 0 Å². The number of piperidine rings is 1. The molecule has 2 rings (SSSR count). The van der Waals surface area contributed by atoms with Crippen LogP contribution in [-0.2, 0) is 11.3 Å². The maximum Gasteiger partial charge on any atom is 0.236 e. The van der Waals surface area contributed by atoms with E-state index in [0.29, 0.717) is 12.5 Å². The van der Waals surface area contributed by atoms with Crippen molar-refractivity contribution in [1.82, 2.24) is 9.80 Å². The van der Waals surface area contributed by atoms with Gasteiger partial charge in [0.05, 0.1) is 6.54 Å². The number of carbonyl (C=O) groups excluding carboxylic acids is 1. The fourth-order valence-corrected chi connectivity index (χ4v) is 2.96. The van der Waals surface area contributed by atoms with Gasteiger partial charge in [0.15, 0.2) is 0 Å². The molecule has 20 heavy (non-hydrogen) atoms. The predicted molar refractivity (Wildman–Crippen MR) is 82.8 cm³/mol. The Balaban J connectivity index is 1.84. The molecule has 1 fully saturated rings. The zero-order valence-corrected chi connectivity index (χ0v) is 13.1. The predicted octanol–water partition coefficient (Wildman–Crippen LogP) is 3.03. The smallest absolute Gasteiger partial charge is 0.236 e. The Labute approximate surface area is 126 Å². The minimum absolute atomic E-state index is 0.237. The summed E-state index contributed by atoms with van der Waals surface area (Å²) in [5, 5.41) is 0.743. The lowest BCUT2D eigenvalue weighted by atomic mass is 10.0. The van der Waals surface area contributed by atoms with E-state index in [1.165, 1.54) is 6.42 Å². The average Bonchev–Trinajstić information content (AvgIpc) is 2.38. The van der Waals surface area contributed by atoms with Crippen LogP contribution in [0.15, 0.2) is 24.3 Å². The summed E-state index contributed by atoms with van der Waals surface area (Å²) in [4.78, 5) is 16.3. The molecule has 0 N–H and O–H groups in total. The second kappa shape index (κ2) is 7.09. The van der Waals surface area contributed by atoms with Crippen molar-refractivity contribution in [1.29, 1.82) is 0 Å². The Bertz CT molecular complexity index is 464. The summed E-state index contributed by atoms with van der Waals surface area (Å²) in [6.07, 6.45) is 2.37. The molecule has 1 aliphatic heterocycles. The largest absolute Gasteiger partial charge is 0.341 e. The van der Waals surface area contributed by atoms with E-state index in [0.717, 1.165) is 36.6 Å². The van der Waals surface area contributed by atoms with Crippen molar-refractivity contribution >= 4 is 17.5 Å². The Morgan fingerprint density at radius 1 is 1.50 bits per heavy atom. The SMILES string of the molecule is CC1CCCN(C(=O)CN(C)Cc2cccc(Cl)c2)C1. The lowest BCUT2D eigenvalue weighted by Crippen LogP contribution is -2.43. The number of nitrogens with zero attached hydrogens (tertiary/aromatic N) is 2. The molecule has 110 valence electrons. The average molecular weight is 295 g/mol. The Kier molecular flexibility index (Phi) is 5.44. The van der Waals surface area contributed by atoms with Crippen LogP contribution in [0.4, 0.5) is 0 Å². The Hall–Kier alpha value is -1.06. The molecular weight excluding hydrogens is 272 g/mol. The number of hydrogen-bond donors (Lipinski definition) is 0. The van der Waals surface area contributed by atoms with Crippen LogP contribution in [0.2, 0.25) is 5.02 Å². The molecule has 1 aromatic carbocycles. The van der Waals surface area contributed by atoms with Gasteiger partial charge >= 0.3 is 0 Å². The highest BCUT2D eigenvalue weighted by molar-refractivity contribution is 6.30. The quantitative estimate of drug-likeness (QED) is 0.852. The van der Waals surface area contributed by atoms with Crippen LogP contribution < -0.4 is 0 Å². The number of hydrogen-bond acceptors (Lipinski definition) is 2. The number of likely N-dealkylation sites (tertiary alicyclic amines) is 1. The second-order valence-corrected chi connectivity index (χ2v) is 6.33. The van der Waals surface area contributed by atoms with E-state index in [1.807, 2.05) is 41.1 Å². The van der Waals surface area contributed by atoms with Crippen molar-refractivity contribution in [2.75, 3.05) is 26.7 Å². The molecule has 0 spiro atoms. The maximum atomic E-state index is 12.3. The fourth-order valence-electron chi connectivity index (χ4n) is 2.75. The molecule has 1 aliphatic rings. The lowest BCUT2D eigenvalue weighted by Gasteiger charge is -2.32. The fraction of sp³-hybridized carbons (Fsp3) is 0.562.